The lowest BCUT2D eigenvalue weighted by atomic mass is 10.1. The predicted octanol–water partition coefficient (Wildman–Crippen LogP) is 4.46. The highest BCUT2D eigenvalue weighted by atomic mass is 79.9. The van der Waals surface area contributed by atoms with Crippen LogP contribution in [0.4, 0.5) is 5.69 Å². The van der Waals surface area contributed by atoms with E-state index >= 15 is 0 Å². The van der Waals surface area contributed by atoms with Crippen LogP contribution < -0.4 is 10.1 Å². The Morgan fingerprint density at radius 1 is 1.24 bits per heavy atom. The zero-order valence-corrected chi connectivity index (χ0v) is 12.8. The fraction of sp³-hybridized carbons (Fsp3) is 0.0625. The number of halogens is 1. The first-order valence-corrected chi connectivity index (χ1v) is 7.09. The number of nitrogens with one attached hydrogen (secondary N) is 1. The molecule has 0 unspecified atom stereocenters. The zero-order valence-electron chi connectivity index (χ0n) is 11.2. The Balaban J connectivity index is 1.93. The summed E-state index contributed by atoms with van der Waals surface area (Å²) < 4.78 is 11.3. The minimum atomic E-state index is -0.228. The van der Waals surface area contributed by atoms with Crippen molar-refractivity contribution < 1.29 is 13.9 Å². The number of anilines is 1. The molecule has 0 fully saturated rings. The number of methoxy groups -OCH3 is 1. The SMILES string of the molecule is COc1ccc(Br)c(NC(=O)c2coc3ccccc23)c1. The molecule has 21 heavy (non-hydrogen) atoms. The molecule has 0 aliphatic carbocycles. The van der Waals surface area contributed by atoms with Crippen LogP contribution in [-0.2, 0) is 0 Å². The van der Waals surface area contributed by atoms with Crippen LogP contribution in [-0.4, -0.2) is 13.0 Å². The molecule has 1 aromatic heterocycles. The number of amides is 1. The fourth-order valence-corrected chi connectivity index (χ4v) is 2.42. The van der Waals surface area contributed by atoms with E-state index in [4.69, 9.17) is 9.15 Å². The first kappa shape index (κ1) is 13.7. The molecular weight excluding hydrogens is 334 g/mol. The molecule has 0 atom stereocenters. The highest BCUT2D eigenvalue weighted by Gasteiger charge is 2.15. The molecule has 0 spiro atoms. The van der Waals surface area contributed by atoms with E-state index in [0.29, 0.717) is 22.6 Å². The number of carbonyl (C=O) groups excluding carboxylic acids is 1. The van der Waals surface area contributed by atoms with Gasteiger partial charge < -0.3 is 14.5 Å². The lowest BCUT2D eigenvalue weighted by Crippen LogP contribution is -2.11. The third-order valence-electron chi connectivity index (χ3n) is 3.15. The van der Waals surface area contributed by atoms with Crippen molar-refractivity contribution in [2.75, 3.05) is 12.4 Å². The van der Waals surface area contributed by atoms with E-state index in [1.54, 1.807) is 13.2 Å². The monoisotopic (exact) mass is 345 g/mol. The van der Waals surface area contributed by atoms with Crippen LogP contribution in [0.2, 0.25) is 0 Å². The normalized spacial score (nSPS) is 10.6. The Labute approximate surface area is 129 Å². The number of fused-ring (bicyclic) bond motifs is 1. The van der Waals surface area contributed by atoms with Crippen molar-refractivity contribution in [1.29, 1.82) is 0 Å². The van der Waals surface area contributed by atoms with Gasteiger partial charge in [0.2, 0.25) is 0 Å². The summed E-state index contributed by atoms with van der Waals surface area (Å²) in [4.78, 5) is 12.4. The molecule has 5 heteroatoms. The van der Waals surface area contributed by atoms with E-state index in [2.05, 4.69) is 21.2 Å². The van der Waals surface area contributed by atoms with Crippen molar-refractivity contribution in [3.8, 4) is 5.75 Å². The van der Waals surface area contributed by atoms with Gasteiger partial charge in [-0.1, -0.05) is 18.2 Å². The van der Waals surface area contributed by atoms with E-state index < -0.39 is 0 Å². The second kappa shape index (κ2) is 5.61. The molecule has 4 nitrogen and oxygen atoms in total. The molecule has 0 bridgehead atoms. The molecule has 3 rings (SSSR count). The van der Waals surface area contributed by atoms with Crippen molar-refractivity contribution in [3.05, 3.63) is 58.8 Å². The Bertz CT molecular complexity index is 810. The van der Waals surface area contributed by atoms with Crippen molar-refractivity contribution in [2.24, 2.45) is 0 Å². The third-order valence-corrected chi connectivity index (χ3v) is 3.84. The van der Waals surface area contributed by atoms with Gasteiger partial charge in [-0.3, -0.25) is 4.79 Å². The van der Waals surface area contributed by atoms with Gasteiger partial charge in [-0.15, -0.1) is 0 Å². The minimum absolute atomic E-state index is 0.228. The highest BCUT2D eigenvalue weighted by Crippen LogP contribution is 2.28. The molecule has 106 valence electrons. The van der Waals surface area contributed by atoms with E-state index in [1.165, 1.54) is 6.26 Å². The van der Waals surface area contributed by atoms with Crippen LogP contribution in [0.5, 0.6) is 5.75 Å². The lowest BCUT2D eigenvalue weighted by molar-refractivity contribution is 0.102. The molecule has 1 N–H and O–H groups in total. The van der Waals surface area contributed by atoms with Gasteiger partial charge in [0, 0.05) is 15.9 Å². The highest BCUT2D eigenvalue weighted by molar-refractivity contribution is 9.10. The summed E-state index contributed by atoms with van der Waals surface area (Å²) in [7, 11) is 1.58. The topological polar surface area (TPSA) is 51.5 Å². The number of para-hydroxylation sites is 1. The summed E-state index contributed by atoms with van der Waals surface area (Å²) >= 11 is 3.41. The maximum absolute atomic E-state index is 12.4. The standard InChI is InChI=1S/C16H12BrNO3/c1-20-10-6-7-13(17)14(8-10)18-16(19)12-9-21-15-5-3-2-4-11(12)15/h2-9H,1H3,(H,18,19). The first-order chi connectivity index (χ1) is 10.2. The van der Waals surface area contributed by atoms with Gasteiger partial charge in [-0.2, -0.15) is 0 Å². The van der Waals surface area contributed by atoms with Crippen molar-refractivity contribution in [1.82, 2.24) is 0 Å². The quantitative estimate of drug-likeness (QED) is 0.762. The Morgan fingerprint density at radius 2 is 2.05 bits per heavy atom. The van der Waals surface area contributed by atoms with E-state index in [1.807, 2.05) is 36.4 Å². The van der Waals surface area contributed by atoms with Gasteiger partial charge in [0.1, 0.15) is 17.6 Å². The van der Waals surface area contributed by atoms with Crippen LogP contribution in [0, 0.1) is 0 Å². The molecule has 0 aliphatic rings. The summed E-state index contributed by atoms with van der Waals surface area (Å²) in [6.45, 7) is 0. The molecule has 0 radical (unpaired) electrons. The van der Waals surface area contributed by atoms with Gasteiger partial charge >= 0.3 is 0 Å². The van der Waals surface area contributed by atoms with Crippen LogP contribution in [0.15, 0.2) is 57.6 Å². The number of hydrogen-bond acceptors (Lipinski definition) is 3. The van der Waals surface area contributed by atoms with Crippen LogP contribution >= 0.6 is 15.9 Å². The second-order valence-electron chi connectivity index (χ2n) is 4.45. The maximum Gasteiger partial charge on any atom is 0.259 e. The first-order valence-electron chi connectivity index (χ1n) is 6.30. The summed E-state index contributed by atoms with van der Waals surface area (Å²) in [5.41, 5.74) is 1.83. The van der Waals surface area contributed by atoms with Gasteiger partial charge in [-0.05, 0) is 34.1 Å². The summed E-state index contributed by atoms with van der Waals surface area (Å²) in [5.74, 6) is 0.444. The number of hydrogen-bond donors (Lipinski definition) is 1. The van der Waals surface area contributed by atoms with Gasteiger partial charge in [0.25, 0.3) is 5.91 Å². The molecule has 1 heterocycles. The van der Waals surface area contributed by atoms with E-state index in [-0.39, 0.29) is 5.91 Å². The predicted molar refractivity (Wildman–Crippen MR) is 84.9 cm³/mol. The van der Waals surface area contributed by atoms with Crippen molar-refractivity contribution in [2.45, 2.75) is 0 Å². The number of benzene rings is 2. The summed E-state index contributed by atoms with van der Waals surface area (Å²) in [6.07, 6.45) is 1.47. The Morgan fingerprint density at radius 3 is 2.86 bits per heavy atom. The number of ether oxygens (including phenoxy) is 1. The number of furan rings is 1. The van der Waals surface area contributed by atoms with Crippen molar-refractivity contribution in [3.63, 3.8) is 0 Å². The summed E-state index contributed by atoms with van der Waals surface area (Å²) in [6, 6.07) is 12.8. The van der Waals surface area contributed by atoms with Gasteiger partial charge in [-0.25, -0.2) is 0 Å². The largest absolute Gasteiger partial charge is 0.497 e. The zero-order chi connectivity index (χ0) is 14.8. The maximum atomic E-state index is 12.4. The molecule has 0 aliphatic heterocycles. The van der Waals surface area contributed by atoms with Crippen LogP contribution in [0.1, 0.15) is 10.4 Å². The Hall–Kier alpha value is -2.27. The average molecular weight is 346 g/mol. The van der Waals surface area contributed by atoms with Gasteiger partial charge in [0.05, 0.1) is 18.4 Å². The van der Waals surface area contributed by atoms with E-state index in [9.17, 15) is 4.79 Å². The smallest absolute Gasteiger partial charge is 0.259 e. The molecule has 2 aromatic carbocycles. The minimum Gasteiger partial charge on any atom is -0.497 e. The molecule has 0 saturated carbocycles. The number of rotatable bonds is 3. The third kappa shape index (κ3) is 2.64. The van der Waals surface area contributed by atoms with Gasteiger partial charge in [0.15, 0.2) is 0 Å². The molecule has 1 amide bonds. The average Bonchev–Trinajstić information content (AvgIpc) is 2.93. The molecular formula is C16H12BrNO3. The number of carbonyl (C=O) groups is 1. The van der Waals surface area contributed by atoms with Crippen LogP contribution in [0.3, 0.4) is 0 Å². The van der Waals surface area contributed by atoms with Crippen molar-refractivity contribution >= 4 is 38.5 Å². The fourth-order valence-electron chi connectivity index (χ4n) is 2.07. The lowest BCUT2D eigenvalue weighted by Gasteiger charge is -2.08. The molecule has 3 aromatic rings. The van der Waals surface area contributed by atoms with E-state index in [0.717, 1.165) is 9.86 Å². The summed E-state index contributed by atoms with van der Waals surface area (Å²) in [5, 5.41) is 3.64. The van der Waals surface area contributed by atoms with Crippen LogP contribution in [0.25, 0.3) is 11.0 Å². The second-order valence-corrected chi connectivity index (χ2v) is 5.30. The Kier molecular flexibility index (Phi) is 3.66. The molecule has 0 saturated heterocycles.